The van der Waals surface area contributed by atoms with Crippen LogP contribution < -0.4 is 4.89 Å². The summed E-state index contributed by atoms with van der Waals surface area (Å²) in [6.07, 6.45) is 36.0. The van der Waals surface area contributed by atoms with Crippen LogP contribution in [-0.4, -0.2) is 13.2 Å². The van der Waals surface area contributed by atoms with Crippen LogP contribution in [-0.2, 0) is 30.7 Å². The number of phosphoric acid groups is 1. The Labute approximate surface area is 249 Å². The summed E-state index contributed by atoms with van der Waals surface area (Å²) in [6, 6.07) is 0. The molecule has 0 spiro atoms. The van der Waals surface area contributed by atoms with Gasteiger partial charge in [0.1, 0.15) is 0 Å². The number of hydrogen-bond donors (Lipinski definition) is 0. The van der Waals surface area contributed by atoms with E-state index in [4.69, 9.17) is 9.05 Å². The van der Waals surface area contributed by atoms with Crippen molar-refractivity contribution in [1.82, 2.24) is 0 Å². The summed E-state index contributed by atoms with van der Waals surface area (Å²) in [7, 11) is -4.12. The van der Waals surface area contributed by atoms with E-state index in [9.17, 15) is 9.46 Å². The summed E-state index contributed by atoms with van der Waals surface area (Å²) in [4.78, 5) is 11.9. The first-order chi connectivity index (χ1) is 18.1. The zero-order valence-electron chi connectivity index (χ0n) is 25.6. The Bertz CT molecular complexity index is 440. The second-order valence-corrected chi connectivity index (χ2v) is 12.7. The van der Waals surface area contributed by atoms with E-state index in [1.165, 1.54) is 154 Å². The van der Waals surface area contributed by atoms with Crippen molar-refractivity contribution < 1.29 is 35.6 Å². The summed E-state index contributed by atoms with van der Waals surface area (Å²) < 4.78 is 21.9. The number of hydrogen-bond acceptors (Lipinski definition) is 4. The molecule has 0 fully saturated rings. The summed E-state index contributed by atoms with van der Waals surface area (Å²) in [5.41, 5.74) is 0. The molecule has 0 aromatic carbocycles. The molecule has 0 aromatic heterocycles. The van der Waals surface area contributed by atoms with E-state index in [1.54, 1.807) is 0 Å². The van der Waals surface area contributed by atoms with Gasteiger partial charge in [0, 0.05) is 0 Å². The Balaban J connectivity index is 0. The van der Waals surface area contributed by atoms with E-state index in [0.717, 1.165) is 25.7 Å². The van der Waals surface area contributed by atoms with Crippen LogP contribution >= 0.6 is 7.82 Å². The standard InChI is InChI=1S/C32H67O4P.Fe/c1-3-5-7-9-11-13-15-17-19-21-23-25-27-29-31-35-37(33,34)36-32-30-28-26-24-22-20-18-16-14-12-10-8-6-4-2;/h3-32H2,1-2H3,(H,33,34);/q;+1/p-1. The zero-order chi connectivity index (χ0) is 27.1. The molecular weight excluding hydrogens is 535 g/mol. The molecule has 0 aliphatic rings. The Morgan fingerprint density at radius 3 is 0.789 bits per heavy atom. The van der Waals surface area contributed by atoms with Gasteiger partial charge in [-0.25, -0.2) is 0 Å². The van der Waals surface area contributed by atoms with Gasteiger partial charge in [-0.1, -0.05) is 181 Å². The first-order valence-electron chi connectivity index (χ1n) is 16.7. The maximum Gasteiger partial charge on any atom is 1.00 e. The first kappa shape index (κ1) is 40.8. The van der Waals surface area contributed by atoms with Gasteiger partial charge in [0.25, 0.3) is 7.82 Å². The molecule has 0 amide bonds. The summed E-state index contributed by atoms with van der Waals surface area (Å²) in [6.45, 7) is 5.06. The molecule has 0 rings (SSSR count). The molecule has 0 saturated carbocycles. The quantitative estimate of drug-likeness (QED) is 0.0437. The van der Waals surface area contributed by atoms with Gasteiger partial charge < -0.3 is 13.9 Å². The molecule has 1 radical (unpaired) electrons. The molecule has 0 aliphatic heterocycles. The molecule has 0 aromatic rings. The predicted molar refractivity (Wildman–Crippen MR) is 160 cm³/mol. The van der Waals surface area contributed by atoms with E-state index >= 15 is 0 Å². The second-order valence-electron chi connectivity index (χ2n) is 11.3. The summed E-state index contributed by atoms with van der Waals surface area (Å²) in [5.74, 6) is 0. The first-order valence-corrected chi connectivity index (χ1v) is 18.2. The molecule has 0 heterocycles. The molecule has 0 aliphatic carbocycles. The Morgan fingerprint density at radius 1 is 0.395 bits per heavy atom. The molecule has 0 unspecified atom stereocenters. The third-order valence-corrected chi connectivity index (χ3v) is 8.49. The van der Waals surface area contributed by atoms with Crippen molar-refractivity contribution >= 4 is 7.82 Å². The smallest absolute Gasteiger partial charge is 0.756 e. The molecule has 0 N–H and O–H groups in total. The fourth-order valence-electron chi connectivity index (χ4n) is 4.98. The van der Waals surface area contributed by atoms with Crippen molar-refractivity contribution in [3.05, 3.63) is 0 Å². The molecule has 0 bridgehead atoms. The molecule has 0 saturated heterocycles. The van der Waals surface area contributed by atoms with Crippen LogP contribution in [0.15, 0.2) is 0 Å². The zero-order valence-corrected chi connectivity index (χ0v) is 27.6. The monoisotopic (exact) mass is 601 g/mol. The predicted octanol–water partition coefficient (Wildman–Crippen LogP) is 11.4. The van der Waals surface area contributed by atoms with E-state index in [2.05, 4.69) is 13.8 Å². The molecule has 6 heteroatoms. The van der Waals surface area contributed by atoms with E-state index < -0.39 is 7.82 Å². The van der Waals surface area contributed by atoms with Crippen molar-refractivity contribution in [1.29, 1.82) is 0 Å². The van der Waals surface area contributed by atoms with Crippen LogP contribution in [0.2, 0.25) is 0 Å². The third-order valence-electron chi connectivity index (χ3n) is 7.49. The van der Waals surface area contributed by atoms with Gasteiger partial charge in [-0.05, 0) is 12.8 Å². The normalized spacial score (nSPS) is 11.7. The fraction of sp³-hybridized carbons (Fsp3) is 1.00. The maximum atomic E-state index is 11.9. The molecule has 38 heavy (non-hydrogen) atoms. The minimum Gasteiger partial charge on any atom is -0.756 e. The van der Waals surface area contributed by atoms with Gasteiger partial charge in [-0.15, -0.1) is 0 Å². The minimum atomic E-state index is -4.12. The Hall–Kier alpha value is 0.629. The fourth-order valence-corrected chi connectivity index (χ4v) is 5.76. The van der Waals surface area contributed by atoms with Gasteiger partial charge in [0.05, 0.1) is 13.2 Å². The molecule has 231 valence electrons. The molecular formula is C32H66FeO4P. The Kier molecular flexibility index (Phi) is 36.3. The van der Waals surface area contributed by atoms with Crippen molar-refractivity contribution in [2.45, 2.75) is 194 Å². The number of phosphoric ester groups is 1. The van der Waals surface area contributed by atoms with Crippen LogP contribution in [0.5, 0.6) is 0 Å². The number of rotatable bonds is 32. The van der Waals surface area contributed by atoms with Gasteiger partial charge >= 0.3 is 17.1 Å². The average molecular weight is 602 g/mol. The van der Waals surface area contributed by atoms with Gasteiger partial charge in [0.2, 0.25) is 0 Å². The topological polar surface area (TPSA) is 58.6 Å². The van der Waals surface area contributed by atoms with Crippen LogP contribution in [0.1, 0.15) is 194 Å². The maximum absolute atomic E-state index is 11.9. The number of unbranched alkanes of at least 4 members (excludes halogenated alkanes) is 26. The van der Waals surface area contributed by atoms with E-state index in [1.807, 2.05) is 0 Å². The van der Waals surface area contributed by atoms with Crippen molar-refractivity contribution in [2.24, 2.45) is 0 Å². The SMILES string of the molecule is CCCCCCCCCCCCCCCCOP(=O)([O-])OCCCCCCCCCCCCCCCC.[Fe+]. The van der Waals surface area contributed by atoms with Gasteiger partial charge in [-0.3, -0.25) is 4.57 Å². The van der Waals surface area contributed by atoms with Crippen LogP contribution in [0, 0.1) is 0 Å². The van der Waals surface area contributed by atoms with E-state index in [-0.39, 0.29) is 30.3 Å². The van der Waals surface area contributed by atoms with Gasteiger partial charge in [-0.2, -0.15) is 0 Å². The van der Waals surface area contributed by atoms with E-state index in [0.29, 0.717) is 0 Å². The van der Waals surface area contributed by atoms with Crippen molar-refractivity contribution in [3.63, 3.8) is 0 Å². The van der Waals surface area contributed by atoms with Crippen LogP contribution in [0.4, 0.5) is 0 Å². The molecule has 0 atom stereocenters. The van der Waals surface area contributed by atoms with Gasteiger partial charge in [0.15, 0.2) is 0 Å². The summed E-state index contributed by atoms with van der Waals surface area (Å²) >= 11 is 0. The van der Waals surface area contributed by atoms with Crippen molar-refractivity contribution in [3.8, 4) is 0 Å². The largest absolute Gasteiger partial charge is 1.00 e. The third kappa shape index (κ3) is 34.7. The van der Waals surface area contributed by atoms with Crippen molar-refractivity contribution in [2.75, 3.05) is 13.2 Å². The molecule has 4 nitrogen and oxygen atoms in total. The van der Waals surface area contributed by atoms with Crippen LogP contribution in [0.3, 0.4) is 0 Å². The average Bonchev–Trinajstić information content (AvgIpc) is 2.88. The second kappa shape index (κ2) is 33.8. The Morgan fingerprint density at radius 2 is 0.579 bits per heavy atom. The van der Waals surface area contributed by atoms with Crippen LogP contribution in [0.25, 0.3) is 0 Å². The summed E-state index contributed by atoms with van der Waals surface area (Å²) in [5, 5.41) is 0. The minimum absolute atomic E-state index is 0.